The van der Waals surface area contributed by atoms with E-state index in [-0.39, 0.29) is 12.4 Å². The Labute approximate surface area is 102 Å². The number of pyridine rings is 1. The molecular formula is C12H18ClNO2. The Morgan fingerprint density at radius 3 is 2.38 bits per heavy atom. The molecule has 1 N–H and O–H groups in total. The molecule has 0 bridgehead atoms. The molecule has 4 heteroatoms. The molecule has 3 nitrogen and oxygen atoms in total. The number of hydrogen-bond donors (Lipinski definition) is 1. The van der Waals surface area contributed by atoms with Gasteiger partial charge in [-0.1, -0.05) is 13.8 Å². The van der Waals surface area contributed by atoms with E-state index in [0.717, 1.165) is 24.2 Å². The Bertz CT molecular complexity index is 362. The molecule has 0 fully saturated rings. The molecule has 0 aliphatic heterocycles. The van der Waals surface area contributed by atoms with E-state index >= 15 is 0 Å². The number of carbonyl (C=O) groups is 1. The number of carboxylic acid groups (broad SMARTS) is 1. The minimum absolute atomic E-state index is 0. The molecular weight excluding hydrogens is 226 g/mol. The lowest BCUT2D eigenvalue weighted by molar-refractivity contribution is 0.0696. The summed E-state index contributed by atoms with van der Waals surface area (Å²) in [4.78, 5) is 15.3. The lowest BCUT2D eigenvalue weighted by atomic mass is 9.97. The highest BCUT2D eigenvalue weighted by Crippen LogP contribution is 2.22. The molecule has 0 saturated carbocycles. The fourth-order valence-corrected chi connectivity index (χ4v) is 1.73. The number of rotatable bonds is 4. The summed E-state index contributed by atoms with van der Waals surface area (Å²) in [5.74, 6) is -0.518. The summed E-state index contributed by atoms with van der Waals surface area (Å²) in [6.45, 7) is 6.02. The van der Waals surface area contributed by atoms with Gasteiger partial charge in [0, 0.05) is 17.3 Å². The van der Waals surface area contributed by atoms with E-state index in [1.165, 1.54) is 0 Å². The second kappa shape index (κ2) is 6.48. The zero-order valence-corrected chi connectivity index (χ0v) is 10.7. The summed E-state index contributed by atoms with van der Waals surface area (Å²) in [6, 6.07) is 3.29. The number of halogens is 1. The van der Waals surface area contributed by atoms with Gasteiger partial charge < -0.3 is 5.11 Å². The molecule has 0 amide bonds. The van der Waals surface area contributed by atoms with E-state index in [9.17, 15) is 4.79 Å². The van der Waals surface area contributed by atoms with Crippen molar-refractivity contribution in [3.8, 4) is 0 Å². The van der Waals surface area contributed by atoms with E-state index in [2.05, 4.69) is 18.8 Å². The normalized spacial score (nSPS) is 10.0. The van der Waals surface area contributed by atoms with Crippen LogP contribution in [-0.2, 0) is 0 Å². The highest BCUT2D eigenvalue weighted by Gasteiger charge is 2.12. The van der Waals surface area contributed by atoms with Gasteiger partial charge in [-0.3, -0.25) is 4.98 Å². The first-order chi connectivity index (χ1) is 7.08. The maximum atomic E-state index is 10.9. The van der Waals surface area contributed by atoms with E-state index < -0.39 is 5.97 Å². The van der Waals surface area contributed by atoms with Crippen LogP contribution >= 0.6 is 12.4 Å². The largest absolute Gasteiger partial charge is 0.478 e. The van der Waals surface area contributed by atoms with Crippen molar-refractivity contribution >= 4 is 18.4 Å². The average molecular weight is 244 g/mol. The van der Waals surface area contributed by atoms with Crippen LogP contribution in [0.5, 0.6) is 0 Å². The van der Waals surface area contributed by atoms with Crippen LogP contribution in [0.1, 0.15) is 54.4 Å². The first-order valence-electron chi connectivity index (χ1n) is 5.30. The molecule has 90 valence electrons. The van der Waals surface area contributed by atoms with Gasteiger partial charge in [-0.15, -0.1) is 12.4 Å². The van der Waals surface area contributed by atoms with Crippen LogP contribution in [0.4, 0.5) is 0 Å². The predicted molar refractivity (Wildman–Crippen MR) is 66.5 cm³/mol. The van der Waals surface area contributed by atoms with Crippen molar-refractivity contribution in [2.75, 3.05) is 0 Å². The fourth-order valence-electron chi connectivity index (χ4n) is 1.73. The second-order valence-corrected chi connectivity index (χ2v) is 3.74. The van der Waals surface area contributed by atoms with Crippen molar-refractivity contribution in [3.05, 3.63) is 29.1 Å². The summed E-state index contributed by atoms with van der Waals surface area (Å²) in [5, 5.41) is 8.93. The molecule has 0 aromatic carbocycles. The highest BCUT2D eigenvalue weighted by molar-refractivity contribution is 5.87. The lowest BCUT2D eigenvalue weighted by Gasteiger charge is -2.12. The van der Waals surface area contributed by atoms with Crippen molar-refractivity contribution in [3.63, 3.8) is 0 Å². The molecule has 0 aliphatic carbocycles. The van der Waals surface area contributed by atoms with Crippen LogP contribution in [0.3, 0.4) is 0 Å². The van der Waals surface area contributed by atoms with Crippen molar-refractivity contribution in [1.82, 2.24) is 4.98 Å². The van der Waals surface area contributed by atoms with Crippen molar-refractivity contribution in [1.29, 1.82) is 0 Å². The van der Waals surface area contributed by atoms with Crippen molar-refractivity contribution in [2.24, 2.45) is 0 Å². The summed E-state index contributed by atoms with van der Waals surface area (Å²) in [6.07, 6.45) is 1.98. The molecule has 0 aliphatic rings. The third kappa shape index (κ3) is 3.49. The minimum Gasteiger partial charge on any atom is -0.478 e. The molecule has 0 saturated heterocycles. The van der Waals surface area contributed by atoms with Gasteiger partial charge in [0.05, 0.1) is 5.56 Å². The maximum Gasteiger partial charge on any atom is 0.335 e. The SMILES string of the molecule is CCC(CC)c1cc(C(=O)O)cc(C)n1.Cl. The summed E-state index contributed by atoms with van der Waals surface area (Å²) in [7, 11) is 0. The molecule has 0 atom stereocenters. The standard InChI is InChI=1S/C12H17NO2.ClH/c1-4-9(5-2)11-7-10(12(14)15)6-8(3)13-11;/h6-7,9H,4-5H2,1-3H3,(H,14,15);1H. The van der Waals surface area contributed by atoms with Gasteiger partial charge in [-0.05, 0) is 31.9 Å². The molecule has 16 heavy (non-hydrogen) atoms. The van der Waals surface area contributed by atoms with E-state index in [4.69, 9.17) is 5.11 Å². The Morgan fingerprint density at radius 1 is 1.38 bits per heavy atom. The molecule has 0 unspecified atom stereocenters. The number of aromatic nitrogens is 1. The van der Waals surface area contributed by atoms with Crippen molar-refractivity contribution in [2.45, 2.75) is 39.5 Å². The smallest absolute Gasteiger partial charge is 0.335 e. The monoisotopic (exact) mass is 243 g/mol. The molecule has 1 aromatic rings. The first kappa shape index (κ1) is 14.9. The van der Waals surface area contributed by atoms with Gasteiger partial charge in [0.2, 0.25) is 0 Å². The van der Waals surface area contributed by atoms with Gasteiger partial charge in [-0.25, -0.2) is 4.79 Å². The van der Waals surface area contributed by atoms with Gasteiger partial charge >= 0.3 is 5.97 Å². The maximum absolute atomic E-state index is 10.9. The third-order valence-corrected chi connectivity index (χ3v) is 2.62. The zero-order chi connectivity index (χ0) is 11.4. The van der Waals surface area contributed by atoms with Crippen LogP contribution in [0, 0.1) is 6.92 Å². The highest BCUT2D eigenvalue weighted by atomic mass is 35.5. The second-order valence-electron chi connectivity index (χ2n) is 3.74. The summed E-state index contributed by atoms with van der Waals surface area (Å²) in [5.41, 5.74) is 2.01. The summed E-state index contributed by atoms with van der Waals surface area (Å²) < 4.78 is 0. The molecule has 0 spiro atoms. The minimum atomic E-state index is -0.882. The fraction of sp³-hybridized carbons (Fsp3) is 0.500. The van der Waals surface area contributed by atoms with Gasteiger partial charge in [0.1, 0.15) is 0 Å². The molecule has 0 radical (unpaired) electrons. The van der Waals surface area contributed by atoms with E-state index in [1.54, 1.807) is 12.1 Å². The van der Waals surface area contributed by atoms with Crippen LogP contribution in [0.15, 0.2) is 12.1 Å². The molecule has 1 rings (SSSR count). The number of aryl methyl sites for hydroxylation is 1. The topological polar surface area (TPSA) is 50.2 Å². The van der Waals surface area contributed by atoms with Crippen LogP contribution < -0.4 is 0 Å². The van der Waals surface area contributed by atoms with E-state index in [0.29, 0.717) is 11.5 Å². The molecule has 1 heterocycles. The first-order valence-corrected chi connectivity index (χ1v) is 5.30. The zero-order valence-electron chi connectivity index (χ0n) is 9.86. The Morgan fingerprint density at radius 2 is 1.94 bits per heavy atom. The number of nitrogens with zero attached hydrogens (tertiary/aromatic N) is 1. The third-order valence-electron chi connectivity index (χ3n) is 2.62. The van der Waals surface area contributed by atoms with Crippen LogP contribution in [0.25, 0.3) is 0 Å². The Kier molecular flexibility index (Phi) is 6.04. The van der Waals surface area contributed by atoms with Gasteiger partial charge in [-0.2, -0.15) is 0 Å². The lowest BCUT2D eigenvalue weighted by Crippen LogP contribution is -2.05. The van der Waals surface area contributed by atoms with E-state index in [1.807, 2.05) is 6.92 Å². The summed E-state index contributed by atoms with van der Waals surface area (Å²) >= 11 is 0. The van der Waals surface area contributed by atoms with Crippen LogP contribution in [0.2, 0.25) is 0 Å². The number of aromatic carboxylic acids is 1. The quantitative estimate of drug-likeness (QED) is 0.882. The number of carboxylic acids is 1. The Balaban J connectivity index is 0.00000225. The average Bonchev–Trinajstić information content (AvgIpc) is 2.18. The molecule has 1 aromatic heterocycles. The number of hydrogen-bond acceptors (Lipinski definition) is 2. The Hall–Kier alpha value is -1.09. The van der Waals surface area contributed by atoms with Gasteiger partial charge in [0.25, 0.3) is 0 Å². The predicted octanol–water partition coefficient (Wildman–Crippen LogP) is 3.41. The van der Waals surface area contributed by atoms with Crippen LogP contribution in [-0.4, -0.2) is 16.1 Å². The van der Waals surface area contributed by atoms with Crippen molar-refractivity contribution < 1.29 is 9.90 Å². The van der Waals surface area contributed by atoms with Gasteiger partial charge in [0.15, 0.2) is 0 Å².